The van der Waals surface area contributed by atoms with Crippen molar-refractivity contribution in [1.29, 1.82) is 0 Å². The van der Waals surface area contributed by atoms with E-state index in [4.69, 9.17) is 4.42 Å². The number of furan rings is 1. The Labute approximate surface area is 175 Å². The summed E-state index contributed by atoms with van der Waals surface area (Å²) in [5, 5.41) is 23.5. The van der Waals surface area contributed by atoms with Crippen molar-refractivity contribution in [3.63, 3.8) is 0 Å². The van der Waals surface area contributed by atoms with Gasteiger partial charge in [-0.1, -0.05) is 0 Å². The van der Waals surface area contributed by atoms with Gasteiger partial charge in [0.25, 0.3) is 0 Å². The second kappa shape index (κ2) is 10.9. The molecule has 27 heavy (non-hydrogen) atoms. The lowest BCUT2D eigenvalue weighted by molar-refractivity contribution is -0.119. The number of aliphatic imine (C=N–C) groups is 1. The van der Waals surface area contributed by atoms with Crippen LogP contribution < -0.4 is 16.0 Å². The summed E-state index contributed by atoms with van der Waals surface area (Å²) in [7, 11) is 1.79. The van der Waals surface area contributed by atoms with Crippen LogP contribution in [0.3, 0.4) is 0 Å². The van der Waals surface area contributed by atoms with E-state index in [0.717, 1.165) is 0 Å². The molecular weight excluding hydrogens is 463 g/mol. The molecule has 1 amide bonds. The Morgan fingerprint density at radius 1 is 1.41 bits per heavy atom. The average Bonchev–Trinajstić information content (AvgIpc) is 3.27. The Balaban J connectivity index is 0.00000364. The van der Waals surface area contributed by atoms with E-state index in [9.17, 15) is 9.90 Å². The SMILES string of the molecule is CCNC(=NCC(=O)NCc1ccco1)NCC(C)(O)c1cnn(C)c1.I. The van der Waals surface area contributed by atoms with Crippen molar-refractivity contribution in [2.45, 2.75) is 26.0 Å². The number of halogens is 1. The van der Waals surface area contributed by atoms with E-state index in [1.54, 1.807) is 49.4 Å². The van der Waals surface area contributed by atoms with E-state index in [1.165, 1.54) is 0 Å². The van der Waals surface area contributed by atoms with E-state index in [1.807, 2.05) is 6.92 Å². The smallest absolute Gasteiger partial charge is 0.242 e. The number of carbonyl (C=O) groups excluding carboxylic acids is 1. The lowest BCUT2D eigenvalue weighted by atomic mass is 10.00. The van der Waals surface area contributed by atoms with Crippen LogP contribution >= 0.6 is 24.0 Å². The first kappa shape index (κ1) is 23.0. The minimum Gasteiger partial charge on any atom is -0.467 e. The molecule has 0 saturated carbocycles. The fraction of sp³-hybridized carbons (Fsp3) is 0.471. The molecule has 1 atom stereocenters. The quantitative estimate of drug-likeness (QED) is 0.246. The number of amides is 1. The molecule has 0 aliphatic heterocycles. The van der Waals surface area contributed by atoms with Gasteiger partial charge in [-0.25, -0.2) is 4.99 Å². The first-order chi connectivity index (χ1) is 12.4. The number of hydrogen-bond donors (Lipinski definition) is 4. The van der Waals surface area contributed by atoms with Crippen molar-refractivity contribution in [2.24, 2.45) is 12.0 Å². The zero-order valence-corrected chi connectivity index (χ0v) is 18.1. The highest BCUT2D eigenvalue weighted by Crippen LogP contribution is 2.18. The molecule has 10 heteroatoms. The number of hydrogen-bond acceptors (Lipinski definition) is 5. The molecule has 0 saturated heterocycles. The fourth-order valence-corrected chi connectivity index (χ4v) is 2.20. The molecule has 2 heterocycles. The maximum atomic E-state index is 11.9. The summed E-state index contributed by atoms with van der Waals surface area (Å²) >= 11 is 0. The Bertz CT molecular complexity index is 727. The van der Waals surface area contributed by atoms with E-state index in [0.29, 0.717) is 30.4 Å². The zero-order chi connectivity index (χ0) is 19.0. The molecular formula is C17H27IN6O3. The molecule has 0 radical (unpaired) electrons. The molecule has 2 rings (SSSR count). The van der Waals surface area contributed by atoms with Crippen molar-refractivity contribution < 1.29 is 14.3 Å². The van der Waals surface area contributed by atoms with Gasteiger partial charge in [-0.05, 0) is 26.0 Å². The van der Waals surface area contributed by atoms with Crippen LogP contribution in [0.1, 0.15) is 25.2 Å². The largest absolute Gasteiger partial charge is 0.467 e. The highest BCUT2D eigenvalue weighted by molar-refractivity contribution is 14.0. The number of rotatable bonds is 8. The average molecular weight is 490 g/mol. The molecule has 1 unspecified atom stereocenters. The molecule has 0 aliphatic carbocycles. The summed E-state index contributed by atoms with van der Waals surface area (Å²) in [4.78, 5) is 16.1. The van der Waals surface area contributed by atoms with Gasteiger partial charge < -0.3 is 25.5 Å². The predicted octanol–water partition coefficient (Wildman–Crippen LogP) is 0.710. The van der Waals surface area contributed by atoms with E-state index < -0.39 is 5.60 Å². The van der Waals surface area contributed by atoms with Crippen molar-refractivity contribution in [3.05, 3.63) is 42.1 Å². The third kappa shape index (κ3) is 7.59. The minimum atomic E-state index is -1.12. The molecule has 4 N–H and O–H groups in total. The van der Waals surface area contributed by atoms with Crippen LogP contribution in [-0.4, -0.2) is 46.4 Å². The van der Waals surface area contributed by atoms with Crippen LogP contribution in [0.4, 0.5) is 0 Å². The number of guanidine groups is 1. The van der Waals surface area contributed by atoms with Crippen LogP contribution in [0.25, 0.3) is 0 Å². The van der Waals surface area contributed by atoms with Gasteiger partial charge in [-0.3, -0.25) is 9.48 Å². The first-order valence-electron chi connectivity index (χ1n) is 8.43. The third-order valence-electron chi connectivity index (χ3n) is 3.69. The summed E-state index contributed by atoms with van der Waals surface area (Å²) in [5.41, 5.74) is -0.425. The predicted molar refractivity (Wildman–Crippen MR) is 113 cm³/mol. The van der Waals surface area contributed by atoms with Crippen molar-refractivity contribution in [1.82, 2.24) is 25.7 Å². The highest BCUT2D eigenvalue weighted by Gasteiger charge is 2.25. The standard InChI is InChI=1S/C17H26N6O3.HI/c1-4-18-16(20-10-15(24)19-9-14-6-5-7-26-14)21-12-17(2,25)13-8-22-23(3)11-13;/h5-8,11,25H,4,9-10,12H2,1-3H3,(H,19,24)(H2,18,20,21);1H. The van der Waals surface area contributed by atoms with Gasteiger partial charge >= 0.3 is 0 Å². The first-order valence-corrected chi connectivity index (χ1v) is 8.43. The Kier molecular flexibility index (Phi) is 9.29. The van der Waals surface area contributed by atoms with Crippen LogP contribution in [0.2, 0.25) is 0 Å². The second-order valence-electron chi connectivity index (χ2n) is 6.08. The van der Waals surface area contributed by atoms with E-state index >= 15 is 0 Å². The van der Waals surface area contributed by atoms with Crippen molar-refractivity contribution in [3.8, 4) is 0 Å². The Morgan fingerprint density at radius 2 is 2.19 bits per heavy atom. The van der Waals surface area contributed by atoms with Crippen LogP contribution in [0.5, 0.6) is 0 Å². The zero-order valence-electron chi connectivity index (χ0n) is 15.7. The molecule has 2 aromatic heterocycles. The van der Waals surface area contributed by atoms with E-state index in [2.05, 4.69) is 26.0 Å². The number of nitrogens with one attached hydrogen (secondary N) is 3. The monoisotopic (exact) mass is 490 g/mol. The maximum absolute atomic E-state index is 11.9. The van der Waals surface area contributed by atoms with Gasteiger partial charge in [0.1, 0.15) is 17.9 Å². The maximum Gasteiger partial charge on any atom is 0.242 e. The molecule has 0 spiro atoms. The van der Waals surface area contributed by atoms with Crippen LogP contribution in [-0.2, 0) is 24.0 Å². The van der Waals surface area contributed by atoms with Crippen LogP contribution in [0.15, 0.2) is 40.2 Å². The Morgan fingerprint density at radius 3 is 2.78 bits per heavy atom. The molecule has 2 aromatic rings. The molecule has 0 aliphatic rings. The van der Waals surface area contributed by atoms with Gasteiger partial charge in [-0.15, -0.1) is 24.0 Å². The van der Waals surface area contributed by atoms with E-state index in [-0.39, 0.29) is 43.0 Å². The number of aryl methyl sites for hydroxylation is 1. The summed E-state index contributed by atoms with van der Waals surface area (Å²) in [6.07, 6.45) is 4.93. The van der Waals surface area contributed by atoms with Gasteiger partial charge in [0.2, 0.25) is 5.91 Å². The normalized spacial score (nSPS) is 13.4. The number of nitrogens with zero attached hydrogens (tertiary/aromatic N) is 3. The minimum absolute atomic E-state index is 0. The van der Waals surface area contributed by atoms with Gasteiger partial charge in [0.05, 0.1) is 25.5 Å². The second-order valence-corrected chi connectivity index (χ2v) is 6.08. The Hall–Kier alpha value is -2.08. The van der Waals surface area contributed by atoms with Crippen LogP contribution in [0, 0.1) is 0 Å². The van der Waals surface area contributed by atoms with Gasteiger partial charge in [-0.2, -0.15) is 5.10 Å². The molecule has 150 valence electrons. The topological polar surface area (TPSA) is 117 Å². The van der Waals surface area contributed by atoms with Crippen molar-refractivity contribution in [2.75, 3.05) is 19.6 Å². The highest BCUT2D eigenvalue weighted by atomic mass is 127. The summed E-state index contributed by atoms with van der Waals surface area (Å²) in [6.45, 7) is 4.75. The molecule has 9 nitrogen and oxygen atoms in total. The summed E-state index contributed by atoms with van der Waals surface area (Å²) in [5.74, 6) is 0.905. The lowest BCUT2D eigenvalue weighted by Gasteiger charge is -2.23. The summed E-state index contributed by atoms with van der Waals surface area (Å²) < 4.78 is 6.79. The van der Waals surface area contributed by atoms with Crippen molar-refractivity contribution >= 4 is 35.8 Å². The molecule has 0 fully saturated rings. The third-order valence-corrected chi connectivity index (χ3v) is 3.69. The van der Waals surface area contributed by atoms with Gasteiger partial charge in [0.15, 0.2) is 5.96 Å². The summed E-state index contributed by atoms with van der Waals surface area (Å²) in [6, 6.07) is 3.55. The number of aromatic nitrogens is 2. The lowest BCUT2D eigenvalue weighted by Crippen LogP contribution is -2.45. The van der Waals surface area contributed by atoms with Gasteiger partial charge in [0, 0.05) is 25.4 Å². The molecule has 0 aromatic carbocycles. The fourth-order valence-electron chi connectivity index (χ4n) is 2.20. The number of aliphatic hydroxyl groups is 1. The molecule has 0 bridgehead atoms. The number of carbonyl (C=O) groups is 1.